The van der Waals surface area contributed by atoms with Crippen molar-refractivity contribution in [3.63, 3.8) is 0 Å². The van der Waals surface area contributed by atoms with Gasteiger partial charge in [0.25, 0.3) is 0 Å². The maximum absolute atomic E-state index is 4.12. The van der Waals surface area contributed by atoms with Crippen LogP contribution in [0.2, 0.25) is 0 Å². The summed E-state index contributed by atoms with van der Waals surface area (Å²) < 4.78 is 0. The van der Waals surface area contributed by atoms with Crippen LogP contribution in [0, 0.1) is 5.92 Å². The van der Waals surface area contributed by atoms with Crippen LogP contribution in [-0.4, -0.2) is 12.6 Å². The summed E-state index contributed by atoms with van der Waals surface area (Å²) in [6.07, 6.45) is 22.5. The number of rotatable bonds is 7. The Morgan fingerprint density at radius 3 is 2.07 bits per heavy atom. The van der Waals surface area contributed by atoms with Crippen molar-refractivity contribution in [1.82, 2.24) is 0 Å². The molecule has 5 aromatic carbocycles. The van der Waals surface area contributed by atoms with Crippen molar-refractivity contribution < 1.29 is 0 Å². The molecule has 0 bridgehead atoms. The van der Waals surface area contributed by atoms with Gasteiger partial charge in [-0.3, -0.25) is 0 Å². The summed E-state index contributed by atoms with van der Waals surface area (Å²) in [5.41, 5.74) is 7.19. The minimum Gasteiger partial charge on any atom is -0.345 e. The first-order valence-corrected chi connectivity index (χ1v) is 16.3. The van der Waals surface area contributed by atoms with Crippen LogP contribution in [0.3, 0.4) is 0 Å². The number of fused-ring (bicyclic) bond motifs is 4. The van der Waals surface area contributed by atoms with Gasteiger partial charge in [0, 0.05) is 35.7 Å². The summed E-state index contributed by atoms with van der Waals surface area (Å²) in [4.78, 5) is 4.91. The molecule has 3 aliphatic carbocycles. The molecule has 1 fully saturated rings. The fourth-order valence-electron chi connectivity index (χ4n) is 7.41. The Labute approximate surface area is 272 Å². The lowest BCUT2D eigenvalue weighted by molar-refractivity contribution is 0.722. The van der Waals surface area contributed by atoms with E-state index >= 15 is 0 Å². The van der Waals surface area contributed by atoms with Crippen LogP contribution in [0.25, 0.3) is 32.3 Å². The highest BCUT2D eigenvalue weighted by Crippen LogP contribution is 2.57. The largest absolute Gasteiger partial charge is 0.345 e. The smallest absolute Gasteiger partial charge is 0.0712 e. The van der Waals surface area contributed by atoms with E-state index in [0.29, 0.717) is 5.92 Å². The zero-order valence-electron chi connectivity index (χ0n) is 26.5. The zero-order chi connectivity index (χ0) is 31.3. The van der Waals surface area contributed by atoms with Crippen LogP contribution in [0.15, 0.2) is 181 Å². The van der Waals surface area contributed by atoms with Crippen LogP contribution >= 0.6 is 0 Å². The fraction of sp³-hybridized carbons (Fsp3) is 0.136. The first-order chi connectivity index (χ1) is 22.6. The highest BCUT2D eigenvalue weighted by atomic mass is 15.3. The predicted molar refractivity (Wildman–Crippen MR) is 198 cm³/mol. The average molecular weight is 595 g/mol. The Balaban J connectivity index is 1.16. The van der Waals surface area contributed by atoms with E-state index in [2.05, 4.69) is 176 Å². The minimum absolute atomic E-state index is 0.114. The molecular formula is C44H38N2. The predicted octanol–water partition coefficient (Wildman–Crippen LogP) is 11.2. The van der Waals surface area contributed by atoms with Crippen molar-refractivity contribution in [2.45, 2.75) is 25.3 Å². The molecule has 1 saturated carbocycles. The van der Waals surface area contributed by atoms with Gasteiger partial charge in [-0.25, -0.2) is 0 Å². The lowest BCUT2D eigenvalue weighted by Gasteiger charge is -2.36. The van der Waals surface area contributed by atoms with Crippen molar-refractivity contribution in [3.8, 4) is 0 Å². The molecule has 8 rings (SSSR count). The topological polar surface area (TPSA) is 6.48 Å². The number of nitrogens with zero attached hydrogens (tertiary/aromatic N) is 2. The summed E-state index contributed by atoms with van der Waals surface area (Å²) >= 11 is 0. The number of likely N-dealkylation sites (N-methyl/N-ethyl adjacent to an activating group) is 1. The Kier molecular flexibility index (Phi) is 6.87. The van der Waals surface area contributed by atoms with E-state index < -0.39 is 0 Å². The Hall–Kier alpha value is -5.34. The van der Waals surface area contributed by atoms with E-state index in [1.54, 1.807) is 0 Å². The maximum atomic E-state index is 4.12. The van der Waals surface area contributed by atoms with Crippen molar-refractivity contribution in [3.05, 3.63) is 181 Å². The summed E-state index contributed by atoms with van der Waals surface area (Å²) in [7, 11) is 2.18. The third kappa shape index (κ3) is 4.82. The molecule has 2 atom stereocenters. The molecular weight excluding hydrogens is 556 g/mol. The van der Waals surface area contributed by atoms with Gasteiger partial charge in [-0.1, -0.05) is 110 Å². The van der Waals surface area contributed by atoms with E-state index in [9.17, 15) is 0 Å². The van der Waals surface area contributed by atoms with E-state index in [1.807, 2.05) is 6.08 Å². The molecule has 3 aliphatic rings. The molecule has 0 saturated heterocycles. The molecule has 2 unspecified atom stereocenters. The molecule has 2 heteroatoms. The highest BCUT2D eigenvalue weighted by molar-refractivity contribution is 5.99. The van der Waals surface area contributed by atoms with E-state index in [4.69, 9.17) is 0 Å². The number of hydrogen-bond donors (Lipinski definition) is 0. The molecule has 46 heavy (non-hydrogen) atoms. The van der Waals surface area contributed by atoms with Crippen LogP contribution < -0.4 is 9.80 Å². The van der Waals surface area contributed by atoms with Gasteiger partial charge in [-0.15, -0.1) is 0 Å². The van der Waals surface area contributed by atoms with Gasteiger partial charge in [0.1, 0.15) is 0 Å². The average Bonchev–Trinajstić information content (AvgIpc) is 3.85. The molecule has 2 nitrogen and oxygen atoms in total. The number of hydrogen-bond acceptors (Lipinski definition) is 2. The molecule has 0 spiro atoms. The van der Waals surface area contributed by atoms with E-state index in [0.717, 1.165) is 12.8 Å². The molecule has 224 valence electrons. The molecule has 0 radical (unpaired) electrons. The van der Waals surface area contributed by atoms with Crippen LogP contribution in [-0.2, 0) is 0 Å². The Bertz CT molecular complexity index is 2220. The second kappa shape index (κ2) is 11.2. The van der Waals surface area contributed by atoms with Gasteiger partial charge in [-0.2, -0.15) is 0 Å². The standard InChI is InChI=1S/C44H38N2/c1-4-11-37-29-44(30-39(44)26-31(37)5-2)46(43-21-18-32-12-6-7-15-35(32)27-43)41-17-10-16-40(22-23-41)45(3)42-20-19-36-24-33-13-8-9-14-34(33)25-38(36)28-42/h4-9,11-29,39H,2,10,30H2,1,3H3/b11-4-. The summed E-state index contributed by atoms with van der Waals surface area (Å²) in [5, 5.41) is 7.59. The number of allylic oxidation sites excluding steroid dienone is 9. The van der Waals surface area contributed by atoms with E-state index in [1.165, 1.54) is 66.2 Å². The van der Waals surface area contributed by atoms with Gasteiger partial charge in [0.15, 0.2) is 0 Å². The first-order valence-electron chi connectivity index (χ1n) is 16.3. The quantitative estimate of drug-likeness (QED) is 0.173. The van der Waals surface area contributed by atoms with Gasteiger partial charge in [0.05, 0.1) is 5.54 Å². The molecule has 0 heterocycles. The van der Waals surface area contributed by atoms with Crippen molar-refractivity contribution in [2.75, 3.05) is 16.8 Å². The van der Waals surface area contributed by atoms with Gasteiger partial charge in [-0.05, 0) is 112 Å². The number of benzene rings is 5. The molecule has 0 aliphatic heterocycles. The zero-order valence-corrected chi connectivity index (χ0v) is 26.5. The second-order valence-electron chi connectivity index (χ2n) is 12.7. The minimum atomic E-state index is -0.114. The highest BCUT2D eigenvalue weighted by Gasteiger charge is 2.58. The lowest BCUT2D eigenvalue weighted by atomic mass is 9.92. The van der Waals surface area contributed by atoms with Gasteiger partial charge >= 0.3 is 0 Å². The normalized spacial score (nSPS) is 20.5. The third-order valence-electron chi connectivity index (χ3n) is 9.92. The molecule has 0 N–H and O–H groups in total. The monoisotopic (exact) mass is 594 g/mol. The first kappa shape index (κ1) is 28.2. The lowest BCUT2D eigenvalue weighted by Crippen LogP contribution is -2.38. The Morgan fingerprint density at radius 1 is 0.696 bits per heavy atom. The van der Waals surface area contributed by atoms with E-state index in [-0.39, 0.29) is 5.54 Å². The third-order valence-corrected chi connectivity index (χ3v) is 9.92. The van der Waals surface area contributed by atoms with Crippen molar-refractivity contribution >= 4 is 43.7 Å². The van der Waals surface area contributed by atoms with Crippen LogP contribution in [0.1, 0.15) is 19.8 Å². The molecule has 0 aromatic heterocycles. The van der Waals surface area contributed by atoms with Gasteiger partial charge < -0.3 is 9.80 Å². The summed E-state index contributed by atoms with van der Waals surface area (Å²) in [5.74, 6) is 0.433. The Morgan fingerprint density at radius 2 is 1.30 bits per heavy atom. The van der Waals surface area contributed by atoms with Crippen LogP contribution in [0.4, 0.5) is 11.4 Å². The second-order valence-corrected chi connectivity index (χ2v) is 12.7. The summed E-state index contributed by atoms with van der Waals surface area (Å²) in [6, 6.07) is 35.5. The maximum Gasteiger partial charge on any atom is 0.0712 e. The van der Waals surface area contributed by atoms with Crippen molar-refractivity contribution in [2.24, 2.45) is 5.92 Å². The number of anilines is 2. The SMILES string of the molecule is C=CC1=CC2CC2(N(C2=CCC=C(N(C)c3ccc4cc5ccccc5cc4c3)C=C2)c2ccc3ccccc3c2)C=C1/C=C\C. The van der Waals surface area contributed by atoms with Gasteiger partial charge in [0.2, 0.25) is 0 Å². The van der Waals surface area contributed by atoms with Crippen molar-refractivity contribution in [1.29, 1.82) is 0 Å². The van der Waals surface area contributed by atoms with Crippen LogP contribution in [0.5, 0.6) is 0 Å². The molecule has 5 aromatic rings. The fourth-order valence-corrected chi connectivity index (χ4v) is 7.41. The molecule has 0 amide bonds. The summed E-state index contributed by atoms with van der Waals surface area (Å²) in [6.45, 7) is 6.21.